The highest BCUT2D eigenvalue weighted by molar-refractivity contribution is 5.83. The molecule has 0 saturated heterocycles. The van der Waals surface area contributed by atoms with Gasteiger partial charge in [-0.3, -0.25) is 9.59 Å². The number of imidazole rings is 1. The van der Waals surface area contributed by atoms with E-state index >= 15 is 0 Å². The van der Waals surface area contributed by atoms with Crippen molar-refractivity contribution in [2.75, 3.05) is 28.6 Å². The van der Waals surface area contributed by atoms with Gasteiger partial charge in [-0.15, -0.1) is 0 Å². The SMILES string of the molecule is CCCN(CCC)c1c(N[C@@H](Cc2ccc(Nc3nc4ccccc4n3C)cc2)C(=O)O)c(=O)c1=O. The Hall–Kier alpha value is -4.14. The van der Waals surface area contributed by atoms with E-state index in [0.29, 0.717) is 24.7 Å². The van der Waals surface area contributed by atoms with E-state index in [1.807, 2.05) is 78.9 Å². The number of anilines is 4. The van der Waals surface area contributed by atoms with Crippen molar-refractivity contribution in [1.82, 2.24) is 9.55 Å². The number of aliphatic carboxylic acids is 1. The van der Waals surface area contributed by atoms with E-state index in [-0.39, 0.29) is 12.1 Å². The lowest BCUT2D eigenvalue weighted by atomic mass is 10.0. The Morgan fingerprint density at radius 3 is 2.31 bits per heavy atom. The lowest BCUT2D eigenvalue weighted by molar-refractivity contribution is -0.137. The number of benzene rings is 2. The number of carbonyl (C=O) groups is 1. The largest absolute Gasteiger partial charge is 0.480 e. The molecule has 1 aromatic heterocycles. The van der Waals surface area contributed by atoms with Crippen molar-refractivity contribution in [2.45, 2.75) is 39.2 Å². The number of hydrogen-bond acceptors (Lipinski definition) is 7. The Morgan fingerprint density at radius 1 is 1.03 bits per heavy atom. The van der Waals surface area contributed by atoms with Crippen LogP contribution in [0, 0.1) is 0 Å². The maximum atomic E-state index is 12.3. The predicted molar refractivity (Wildman–Crippen MR) is 143 cm³/mol. The number of fused-ring (bicyclic) bond motifs is 1. The van der Waals surface area contributed by atoms with Gasteiger partial charge in [-0.1, -0.05) is 38.1 Å². The standard InChI is InChI=1S/C27H31N5O4/c1-4-14-32(15-5-2)23-22(24(33)25(23)34)29-20(26(35)36)16-17-10-12-18(13-11-17)28-27-30-19-8-6-7-9-21(19)31(27)3/h6-13,20,29H,4-5,14-16H2,1-3H3,(H,28,30)(H,35,36)/t20-/m0/s1. The molecule has 188 valence electrons. The molecule has 0 spiro atoms. The van der Waals surface area contributed by atoms with Crippen LogP contribution < -0.4 is 26.4 Å². The highest BCUT2D eigenvalue weighted by Crippen LogP contribution is 2.24. The lowest BCUT2D eigenvalue weighted by Gasteiger charge is -2.28. The average Bonchev–Trinajstić information content (AvgIpc) is 3.19. The van der Waals surface area contributed by atoms with Crippen LogP contribution in [-0.2, 0) is 18.3 Å². The second-order valence-corrected chi connectivity index (χ2v) is 8.91. The van der Waals surface area contributed by atoms with Crippen LogP contribution in [0.4, 0.5) is 23.0 Å². The first-order chi connectivity index (χ1) is 17.3. The zero-order valence-electron chi connectivity index (χ0n) is 20.7. The van der Waals surface area contributed by atoms with Crippen LogP contribution in [-0.4, -0.2) is 39.8 Å². The third kappa shape index (κ3) is 4.95. The van der Waals surface area contributed by atoms with Gasteiger partial charge in [-0.05, 0) is 42.7 Å². The van der Waals surface area contributed by atoms with Crippen molar-refractivity contribution in [2.24, 2.45) is 7.05 Å². The van der Waals surface area contributed by atoms with Gasteiger partial charge in [-0.25, -0.2) is 9.78 Å². The Balaban J connectivity index is 1.48. The summed E-state index contributed by atoms with van der Waals surface area (Å²) in [5.74, 6) is -0.390. The van der Waals surface area contributed by atoms with Gasteiger partial charge in [0.25, 0.3) is 10.9 Å². The van der Waals surface area contributed by atoms with Crippen molar-refractivity contribution in [3.8, 4) is 0 Å². The molecule has 0 bridgehead atoms. The number of carboxylic acids is 1. The summed E-state index contributed by atoms with van der Waals surface area (Å²) in [6.07, 6.45) is 1.78. The van der Waals surface area contributed by atoms with Crippen molar-refractivity contribution >= 4 is 40.0 Å². The van der Waals surface area contributed by atoms with Crippen LogP contribution in [0.1, 0.15) is 32.3 Å². The molecule has 1 atom stereocenters. The first-order valence-corrected chi connectivity index (χ1v) is 12.2. The van der Waals surface area contributed by atoms with Crippen LogP contribution >= 0.6 is 0 Å². The van der Waals surface area contributed by atoms with Crippen LogP contribution in [0.2, 0.25) is 0 Å². The normalized spacial score (nSPS) is 12.1. The Morgan fingerprint density at radius 2 is 1.69 bits per heavy atom. The number of carboxylic acid groups (broad SMARTS) is 1. The second kappa shape index (κ2) is 10.6. The minimum Gasteiger partial charge on any atom is -0.480 e. The van der Waals surface area contributed by atoms with E-state index in [2.05, 4.69) is 15.6 Å². The Labute approximate surface area is 209 Å². The summed E-state index contributed by atoms with van der Waals surface area (Å²) in [6.45, 7) is 5.25. The molecule has 9 heteroatoms. The zero-order valence-corrected chi connectivity index (χ0v) is 20.7. The molecule has 4 rings (SSSR count). The number of aromatic nitrogens is 2. The molecule has 36 heavy (non-hydrogen) atoms. The van der Waals surface area contributed by atoms with Crippen molar-refractivity contribution < 1.29 is 9.90 Å². The van der Waals surface area contributed by atoms with E-state index in [1.165, 1.54) is 0 Å². The molecule has 0 aliphatic heterocycles. The van der Waals surface area contributed by atoms with Gasteiger partial charge in [0, 0.05) is 32.2 Å². The number of aryl methyl sites for hydroxylation is 1. The van der Waals surface area contributed by atoms with Crippen LogP contribution in [0.3, 0.4) is 0 Å². The third-order valence-corrected chi connectivity index (χ3v) is 6.24. The quantitative estimate of drug-likeness (QED) is 0.258. The van der Waals surface area contributed by atoms with Gasteiger partial charge in [0.15, 0.2) is 0 Å². The van der Waals surface area contributed by atoms with Gasteiger partial charge in [-0.2, -0.15) is 0 Å². The summed E-state index contributed by atoms with van der Waals surface area (Å²) in [4.78, 5) is 43.1. The van der Waals surface area contributed by atoms with Gasteiger partial charge in [0.05, 0.1) is 11.0 Å². The van der Waals surface area contributed by atoms with Crippen LogP contribution in [0.5, 0.6) is 0 Å². The summed E-state index contributed by atoms with van der Waals surface area (Å²) < 4.78 is 1.97. The fraction of sp³-hybridized carbons (Fsp3) is 0.333. The Bertz CT molecular complexity index is 1430. The van der Waals surface area contributed by atoms with E-state index in [1.54, 1.807) is 0 Å². The molecule has 1 heterocycles. The summed E-state index contributed by atoms with van der Waals surface area (Å²) in [5, 5.41) is 16.0. The van der Waals surface area contributed by atoms with Crippen molar-refractivity contribution in [3.05, 3.63) is 74.5 Å². The number of rotatable bonds is 12. The molecule has 9 nitrogen and oxygen atoms in total. The van der Waals surface area contributed by atoms with Crippen molar-refractivity contribution in [3.63, 3.8) is 0 Å². The highest BCUT2D eigenvalue weighted by Gasteiger charge is 2.29. The maximum Gasteiger partial charge on any atom is 0.326 e. The molecule has 0 unspecified atom stereocenters. The molecule has 0 aliphatic carbocycles. The number of hydrogen-bond donors (Lipinski definition) is 3. The zero-order chi connectivity index (χ0) is 25.8. The molecule has 4 aromatic rings. The predicted octanol–water partition coefficient (Wildman–Crippen LogP) is 3.65. The minimum absolute atomic E-state index is 0.106. The molecular weight excluding hydrogens is 458 g/mol. The van der Waals surface area contributed by atoms with E-state index < -0.39 is 22.9 Å². The average molecular weight is 490 g/mol. The third-order valence-electron chi connectivity index (χ3n) is 6.24. The smallest absolute Gasteiger partial charge is 0.326 e. The van der Waals surface area contributed by atoms with Gasteiger partial charge < -0.3 is 25.2 Å². The van der Waals surface area contributed by atoms with Crippen LogP contribution in [0.25, 0.3) is 11.0 Å². The van der Waals surface area contributed by atoms with E-state index in [9.17, 15) is 19.5 Å². The van der Waals surface area contributed by atoms with E-state index in [0.717, 1.165) is 35.1 Å². The molecule has 3 aromatic carbocycles. The summed E-state index contributed by atoms with van der Waals surface area (Å²) >= 11 is 0. The molecule has 0 radical (unpaired) electrons. The summed E-state index contributed by atoms with van der Waals surface area (Å²) in [6, 6.07) is 14.2. The fourth-order valence-electron chi connectivity index (χ4n) is 4.41. The minimum atomic E-state index is -1.09. The first-order valence-electron chi connectivity index (χ1n) is 12.2. The van der Waals surface area contributed by atoms with E-state index in [4.69, 9.17) is 0 Å². The monoisotopic (exact) mass is 489 g/mol. The van der Waals surface area contributed by atoms with Gasteiger partial charge in [0.1, 0.15) is 17.4 Å². The molecule has 0 fully saturated rings. The molecule has 0 amide bonds. The summed E-state index contributed by atoms with van der Waals surface area (Å²) in [7, 11) is 1.94. The topological polar surface area (TPSA) is 117 Å². The Kier molecular flexibility index (Phi) is 7.38. The highest BCUT2D eigenvalue weighted by atomic mass is 16.4. The lowest BCUT2D eigenvalue weighted by Crippen LogP contribution is -2.46. The van der Waals surface area contributed by atoms with Crippen molar-refractivity contribution in [1.29, 1.82) is 0 Å². The van der Waals surface area contributed by atoms with Gasteiger partial charge in [0.2, 0.25) is 5.95 Å². The van der Waals surface area contributed by atoms with Gasteiger partial charge >= 0.3 is 5.97 Å². The maximum absolute atomic E-state index is 12.3. The number of nitrogens with one attached hydrogen (secondary N) is 2. The summed E-state index contributed by atoms with van der Waals surface area (Å²) in [5.41, 5.74) is 2.70. The first kappa shape index (κ1) is 25.0. The molecule has 0 aliphatic rings. The molecule has 3 N–H and O–H groups in total. The second-order valence-electron chi connectivity index (χ2n) is 8.91. The van der Waals surface area contributed by atoms with Crippen LogP contribution in [0.15, 0.2) is 58.1 Å². The number of nitrogens with zero attached hydrogens (tertiary/aromatic N) is 3. The molecule has 0 saturated carbocycles. The fourth-order valence-corrected chi connectivity index (χ4v) is 4.41. The molecular formula is C27H31N5O4. The number of para-hydroxylation sites is 2.